The molecule has 0 fully saturated rings. The molecule has 1 aromatic heterocycles. The summed E-state index contributed by atoms with van der Waals surface area (Å²) in [7, 11) is 1.39. The van der Waals surface area contributed by atoms with E-state index in [1.165, 1.54) is 13.2 Å². The molecule has 0 aliphatic carbocycles. The SMILES string of the molecule is COc1cc(NCc2ncc(C)o2)ccc1[N+](=O)[O-]. The molecule has 1 aromatic carbocycles. The number of oxazole rings is 1. The Hall–Kier alpha value is -2.57. The third kappa shape index (κ3) is 3.01. The van der Waals surface area contributed by atoms with E-state index in [0.717, 1.165) is 5.76 Å². The summed E-state index contributed by atoms with van der Waals surface area (Å²) in [5.74, 6) is 1.49. The molecule has 0 atom stereocenters. The van der Waals surface area contributed by atoms with Crippen molar-refractivity contribution in [3.63, 3.8) is 0 Å². The Kier molecular flexibility index (Phi) is 3.65. The lowest BCUT2D eigenvalue weighted by Gasteiger charge is -2.06. The maximum atomic E-state index is 10.8. The van der Waals surface area contributed by atoms with E-state index in [0.29, 0.717) is 18.1 Å². The average Bonchev–Trinajstić information content (AvgIpc) is 2.81. The Balaban J connectivity index is 2.11. The Bertz CT molecular complexity index is 594. The van der Waals surface area contributed by atoms with Crippen molar-refractivity contribution >= 4 is 11.4 Å². The van der Waals surface area contributed by atoms with Crippen LogP contribution < -0.4 is 10.1 Å². The van der Waals surface area contributed by atoms with Gasteiger partial charge in [-0.15, -0.1) is 0 Å². The summed E-state index contributed by atoms with van der Waals surface area (Å²) in [4.78, 5) is 14.3. The lowest BCUT2D eigenvalue weighted by molar-refractivity contribution is -0.385. The molecule has 19 heavy (non-hydrogen) atoms. The van der Waals surface area contributed by atoms with Crippen LogP contribution in [0.2, 0.25) is 0 Å². The molecule has 0 aliphatic rings. The largest absolute Gasteiger partial charge is 0.490 e. The van der Waals surface area contributed by atoms with Gasteiger partial charge >= 0.3 is 5.69 Å². The van der Waals surface area contributed by atoms with Crippen molar-refractivity contribution in [2.75, 3.05) is 12.4 Å². The number of hydrogen-bond acceptors (Lipinski definition) is 6. The van der Waals surface area contributed by atoms with Crippen LogP contribution >= 0.6 is 0 Å². The molecule has 2 aromatic rings. The molecule has 1 N–H and O–H groups in total. The van der Waals surface area contributed by atoms with Gasteiger partial charge in [-0.1, -0.05) is 0 Å². The highest BCUT2D eigenvalue weighted by atomic mass is 16.6. The summed E-state index contributed by atoms with van der Waals surface area (Å²) in [5, 5.41) is 13.8. The molecule has 2 rings (SSSR count). The highest BCUT2D eigenvalue weighted by Gasteiger charge is 2.14. The number of aromatic nitrogens is 1. The summed E-state index contributed by atoms with van der Waals surface area (Å²) in [6.07, 6.45) is 1.63. The fraction of sp³-hybridized carbons (Fsp3) is 0.250. The molecular weight excluding hydrogens is 250 g/mol. The molecule has 0 bridgehead atoms. The van der Waals surface area contributed by atoms with Crippen LogP contribution in [-0.4, -0.2) is 17.0 Å². The van der Waals surface area contributed by atoms with E-state index >= 15 is 0 Å². The summed E-state index contributed by atoms with van der Waals surface area (Å²) >= 11 is 0. The third-order valence-electron chi connectivity index (χ3n) is 2.49. The van der Waals surface area contributed by atoms with E-state index in [4.69, 9.17) is 9.15 Å². The first-order valence-electron chi connectivity index (χ1n) is 5.57. The van der Waals surface area contributed by atoms with Gasteiger partial charge in [-0.25, -0.2) is 4.98 Å². The van der Waals surface area contributed by atoms with E-state index in [-0.39, 0.29) is 11.4 Å². The molecule has 1 heterocycles. The molecule has 0 aliphatic heterocycles. The molecule has 0 saturated heterocycles. The first kappa shape index (κ1) is 12.9. The molecule has 0 spiro atoms. The summed E-state index contributed by atoms with van der Waals surface area (Å²) in [6, 6.07) is 4.56. The minimum atomic E-state index is -0.486. The number of rotatable bonds is 5. The van der Waals surface area contributed by atoms with Crippen molar-refractivity contribution in [1.29, 1.82) is 0 Å². The third-order valence-corrected chi connectivity index (χ3v) is 2.49. The van der Waals surface area contributed by atoms with Gasteiger partial charge in [0.15, 0.2) is 5.75 Å². The number of aryl methyl sites for hydroxylation is 1. The normalized spacial score (nSPS) is 10.2. The Morgan fingerprint density at radius 2 is 2.32 bits per heavy atom. The maximum absolute atomic E-state index is 10.8. The van der Waals surface area contributed by atoms with E-state index < -0.39 is 4.92 Å². The molecule has 7 nitrogen and oxygen atoms in total. The highest BCUT2D eigenvalue weighted by molar-refractivity contribution is 5.57. The van der Waals surface area contributed by atoms with Gasteiger partial charge in [-0.2, -0.15) is 0 Å². The van der Waals surface area contributed by atoms with Crippen LogP contribution in [0.3, 0.4) is 0 Å². The molecular formula is C12H13N3O4. The summed E-state index contributed by atoms with van der Waals surface area (Å²) in [5.41, 5.74) is 0.623. The number of hydrogen-bond donors (Lipinski definition) is 1. The van der Waals surface area contributed by atoms with Crippen LogP contribution in [0, 0.1) is 17.0 Å². The quantitative estimate of drug-likeness (QED) is 0.658. The molecule has 100 valence electrons. The first-order chi connectivity index (χ1) is 9.10. The van der Waals surface area contributed by atoms with Gasteiger partial charge in [0.25, 0.3) is 0 Å². The van der Waals surface area contributed by atoms with E-state index in [1.54, 1.807) is 18.3 Å². The number of nitro groups is 1. The monoisotopic (exact) mass is 263 g/mol. The van der Waals surface area contributed by atoms with Crippen LogP contribution in [0.1, 0.15) is 11.7 Å². The summed E-state index contributed by atoms with van der Waals surface area (Å²) < 4.78 is 10.3. The predicted molar refractivity (Wildman–Crippen MR) is 68.2 cm³/mol. The zero-order valence-corrected chi connectivity index (χ0v) is 10.5. The van der Waals surface area contributed by atoms with Crippen LogP contribution in [0.25, 0.3) is 0 Å². The Morgan fingerprint density at radius 3 is 2.89 bits per heavy atom. The second kappa shape index (κ2) is 5.38. The second-order valence-electron chi connectivity index (χ2n) is 3.86. The van der Waals surface area contributed by atoms with Gasteiger partial charge in [-0.3, -0.25) is 10.1 Å². The number of benzene rings is 1. The van der Waals surface area contributed by atoms with Crippen LogP contribution in [-0.2, 0) is 6.54 Å². The van der Waals surface area contributed by atoms with Crippen molar-refractivity contribution in [2.24, 2.45) is 0 Å². The maximum Gasteiger partial charge on any atom is 0.311 e. The average molecular weight is 263 g/mol. The second-order valence-corrected chi connectivity index (χ2v) is 3.86. The van der Waals surface area contributed by atoms with Gasteiger partial charge in [0, 0.05) is 17.8 Å². The van der Waals surface area contributed by atoms with Crippen molar-refractivity contribution < 1.29 is 14.1 Å². The van der Waals surface area contributed by atoms with Gasteiger partial charge in [-0.05, 0) is 13.0 Å². The van der Waals surface area contributed by atoms with Crippen molar-refractivity contribution in [2.45, 2.75) is 13.5 Å². The zero-order chi connectivity index (χ0) is 13.8. The highest BCUT2D eigenvalue weighted by Crippen LogP contribution is 2.29. The zero-order valence-electron chi connectivity index (χ0n) is 10.5. The lowest BCUT2D eigenvalue weighted by Crippen LogP contribution is -2.01. The minimum absolute atomic E-state index is 0.0694. The molecule has 0 unspecified atom stereocenters. The minimum Gasteiger partial charge on any atom is -0.490 e. The number of methoxy groups -OCH3 is 1. The fourth-order valence-corrected chi connectivity index (χ4v) is 1.60. The van der Waals surface area contributed by atoms with Crippen molar-refractivity contribution in [3.05, 3.63) is 46.2 Å². The molecule has 7 heteroatoms. The fourth-order valence-electron chi connectivity index (χ4n) is 1.60. The summed E-state index contributed by atoms with van der Waals surface area (Å²) in [6.45, 7) is 2.21. The number of anilines is 1. The predicted octanol–water partition coefficient (Wildman–Crippen LogP) is 2.51. The lowest BCUT2D eigenvalue weighted by atomic mass is 10.2. The topological polar surface area (TPSA) is 90.4 Å². The van der Waals surface area contributed by atoms with Crippen LogP contribution in [0.4, 0.5) is 11.4 Å². The van der Waals surface area contributed by atoms with Crippen molar-refractivity contribution in [3.8, 4) is 5.75 Å². The number of ether oxygens (including phenoxy) is 1. The number of nitrogens with one attached hydrogen (secondary N) is 1. The molecule has 0 amide bonds. The Morgan fingerprint density at radius 1 is 1.53 bits per heavy atom. The van der Waals surface area contributed by atoms with Crippen LogP contribution in [0.15, 0.2) is 28.8 Å². The van der Waals surface area contributed by atoms with Gasteiger partial charge in [0.2, 0.25) is 5.89 Å². The van der Waals surface area contributed by atoms with Crippen LogP contribution in [0.5, 0.6) is 5.75 Å². The standard InChI is InChI=1S/C12H13N3O4/c1-8-6-14-12(19-8)7-13-9-3-4-10(15(16)17)11(5-9)18-2/h3-6,13H,7H2,1-2H3. The van der Waals surface area contributed by atoms with E-state index in [2.05, 4.69) is 10.3 Å². The molecule has 0 radical (unpaired) electrons. The first-order valence-corrected chi connectivity index (χ1v) is 5.57. The Labute approximate surface area is 109 Å². The number of nitrogens with zero attached hydrogens (tertiary/aromatic N) is 2. The smallest absolute Gasteiger partial charge is 0.311 e. The van der Waals surface area contributed by atoms with E-state index in [1.807, 2.05) is 6.92 Å². The number of nitro benzene ring substituents is 1. The van der Waals surface area contributed by atoms with E-state index in [9.17, 15) is 10.1 Å². The van der Waals surface area contributed by atoms with Gasteiger partial charge in [0.1, 0.15) is 5.76 Å². The van der Waals surface area contributed by atoms with Gasteiger partial charge < -0.3 is 14.5 Å². The van der Waals surface area contributed by atoms with Crippen molar-refractivity contribution in [1.82, 2.24) is 4.98 Å². The molecule has 0 saturated carbocycles. The van der Waals surface area contributed by atoms with Gasteiger partial charge in [0.05, 0.1) is 24.8 Å².